The van der Waals surface area contributed by atoms with Gasteiger partial charge in [-0.3, -0.25) is 0 Å². The van der Waals surface area contributed by atoms with Crippen molar-refractivity contribution in [3.8, 4) is 0 Å². The highest BCUT2D eigenvalue weighted by Crippen LogP contribution is 2.25. The molecule has 1 fully saturated rings. The predicted octanol–water partition coefficient (Wildman–Crippen LogP) is 3.53. The van der Waals surface area contributed by atoms with Crippen LogP contribution in [-0.4, -0.2) is 24.6 Å². The van der Waals surface area contributed by atoms with Crippen molar-refractivity contribution in [2.75, 3.05) is 29.9 Å². The van der Waals surface area contributed by atoms with Gasteiger partial charge in [0, 0.05) is 19.6 Å². The Morgan fingerprint density at radius 2 is 1.94 bits per heavy atom. The number of rotatable bonds is 6. The molecule has 0 spiro atoms. The third-order valence-electron chi connectivity index (χ3n) is 3.90. The summed E-state index contributed by atoms with van der Waals surface area (Å²) in [6, 6.07) is 4.26. The van der Waals surface area contributed by atoms with Crippen molar-refractivity contribution in [3.63, 3.8) is 0 Å². The molecule has 0 bridgehead atoms. The van der Waals surface area contributed by atoms with Crippen LogP contribution in [0.4, 0.5) is 11.5 Å². The van der Waals surface area contributed by atoms with Crippen molar-refractivity contribution in [1.29, 1.82) is 0 Å². The Labute approximate surface area is 111 Å². The molecule has 0 atom stereocenters. The molecule has 0 radical (unpaired) electrons. The van der Waals surface area contributed by atoms with Gasteiger partial charge in [0.05, 0.1) is 11.9 Å². The van der Waals surface area contributed by atoms with Crippen molar-refractivity contribution in [1.82, 2.24) is 4.98 Å². The number of pyridine rings is 1. The lowest BCUT2D eigenvalue weighted by Crippen LogP contribution is -2.22. The maximum Gasteiger partial charge on any atom is 0.128 e. The number of nitrogens with zero attached hydrogens (tertiary/aromatic N) is 2. The zero-order valence-electron chi connectivity index (χ0n) is 11.7. The lowest BCUT2D eigenvalue weighted by Gasteiger charge is -2.20. The third-order valence-corrected chi connectivity index (χ3v) is 3.90. The van der Waals surface area contributed by atoms with Crippen LogP contribution in [0.5, 0.6) is 0 Å². The van der Waals surface area contributed by atoms with Gasteiger partial charge in [-0.2, -0.15) is 0 Å². The molecule has 3 heteroatoms. The second-order valence-corrected chi connectivity index (χ2v) is 5.11. The van der Waals surface area contributed by atoms with E-state index in [9.17, 15) is 0 Å². The number of anilines is 2. The lowest BCUT2D eigenvalue weighted by atomic mass is 10.1. The minimum absolute atomic E-state index is 0.868. The fraction of sp³-hybridized carbons (Fsp3) is 0.667. The van der Waals surface area contributed by atoms with Crippen LogP contribution in [0.3, 0.4) is 0 Å². The molecule has 0 aromatic carbocycles. The fourth-order valence-electron chi connectivity index (χ4n) is 2.70. The Morgan fingerprint density at radius 3 is 2.50 bits per heavy atom. The van der Waals surface area contributed by atoms with E-state index in [-0.39, 0.29) is 0 Å². The summed E-state index contributed by atoms with van der Waals surface area (Å²) in [5, 5.41) is 3.51. The molecule has 1 aromatic heterocycles. The molecule has 1 aromatic rings. The van der Waals surface area contributed by atoms with Gasteiger partial charge in [-0.15, -0.1) is 0 Å². The molecule has 2 rings (SSSR count). The molecular weight excluding hydrogens is 222 g/mol. The lowest BCUT2D eigenvalue weighted by molar-refractivity contribution is 0.580. The molecule has 0 amide bonds. The quantitative estimate of drug-likeness (QED) is 0.833. The fourth-order valence-corrected chi connectivity index (χ4v) is 2.70. The summed E-state index contributed by atoms with van der Waals surface area (Å²) in [6.07, 6.45) is 7.55. The van der Waals surface area contributed by atoms with Gasteiger partial charge in [-0.25, -0.2) is 4.98 Å². The average molecular weight is 247 g/mol. The van der Waals surface area contributed by atoms with Crippen LogP contribution in [-0.2, 0) is 0 Å². The van der Waals surface area contributed by atoms with Crippen LogP contribution in [0.1, 0.15) is 39.5 Å². The van der Waals surface area contributed by atoms with E-state index in [0.29, 0.717) is 0 Å². The summed E-state index contributed by atoms with van der Waals surface area (Å²) in [5.41, 5.74) is 1.15. The first-order valence-corrected chi connectivity index (χ1v) is 7.28. The average Bonchev–Trinajstić information content (AvgIpc) is 2.92. The smallest absolute Gasteiger partial charge is 0.128 e. The van der Waals surface area contributed by atoms with Crippen LogP contribution in [0.25, 0.3) is 0 Å². The Kier molecular flexibility index (Phi) is 4.85. The number of hydrogen-bond acceptors (Lipinski definition) is 3. The second-order valence-electron chi connectivity index (χ2n) is 5.11. The van der Waals surface area contributed by atoms with Gasteiger partial charge in [0.25, 0.3) is 0 Å². The summed E-state index contributed by atoms with van der Waals surface area (Å²) in [5.74, 6) is 1.94. The van der Waals surface area contributed by atoms with Crippen LogP contribution in [0.2, 0.25) is 0 Å². The van der Waals surface area contributed by atoms with Crippen molar-refractivity contribution in [2.45, 2.75) is 39.5 Å². The summed E-state index contributed by atoms with van der Waals surface area (Å²) in [6.45, 7) is 7.46. The minimum atomic E-state index is 0.868. The van der Waals surface area contributed by atoms with Crippen LogP contribution >= 0.6 is 0 Å². The van der Waals surface area contributed by atoms with Crippen molar-refractivity contribution in [3.05, 3.63) is 18.3 Å². The molecule has 3 nitrogen and oxygen atoms in total. The first-order valence-electron chi connectivity index (χ1n) is 7.28. The van der Waals surface area contributed by atoms with Gasteiger partial charge in [-0.1, -0.05) is 12.8 Å². The van der Waals surface area contributed by atoms with E-state index < -0.39 is 0 Å². The Balaban J connectivity index is 1.86. The molecule has 1 aliphatic rings. The molecule has 0 unspecified atom stereocenters. The molecule has 0 saturated heterocycles. The molecule has 1 N–H and O–H groups in total. The number of aromatic nitrogens is 1. The molecule has 1 saturated carbocycles. The molecular formula is C15H25N3. The normalized spacial score (nSPS) is 15.9. The topological polar surface area (TPSA) is 28.2 Å². The summed E-state index contributed by atoms with van der Waals surface area (Å²) in [4.78, 5) is 6.79. The maximum atomic E-state index is 4.53. The standard InChI is InChI=1S/C15H25N3/c1-3-18(4-2)15-10-9-14(12-17-15)16-11-13-7-5-6-8-13/h9-10,12-13,16H,3-8,11H2,1-2H3. The van der Waals surface area contributed by atoms with E-state index in [1.807, 2.05) is 6.20 Å². The van der Waals surface area contributed by atoms with Crippen LogP contribution in [0.15, 0.2) is 18.3 Å². The third kappa shape index (κ3) is 3.37. The molecule has 18 heavy (non-hydrogen) atoms. The second kappa shape index (κ2) is 6.62. The van der Waals surface area contributed by atoms with Gasteiger partial charge in [0.2, 0.25) is 0 Å². The molecule has 1 heterocycles. The molecule has 0 aliphatic heterocycles. The highest BCUT2D eigenvalue weighted by molar-refractivity contribution is 5.48. The first kappa shape index (κ1) is 13.2. The monoisotopic (exact) mass is 247 g/mol. The van der Waals surface area contributed by atoms with Gasteiger partial charge in [-0.05, 0) is 44.7 Å². The van der Waals surface area contributed by atoms with E-state index >= 15 is 0 Å². The van der Waals surface area contributed by atoms with Crippen LogP contribution in [0, 0.1) is 5.92 Å². The van der Waals surface area contributed by atoms with Crippen molar-refractivity contribution >= 4 is 11.5 Å². The largest absolute Gasteiger partial charge is 0.384 e. The Morgan fingerprint density at radius 1 is 1.22 bits per heavy atom. The molecule has 100 valence electrons. The summed E-state index contributed by atoms with van der Waals surface area (Å²) in [7, 11) is 0. The maximum absolute atomic E-state index is 4.53. The Hall–Kier alpha value is -1.25. The van der Waals surface area contributed by atoms with Gasteiger partial charge < -0.3 is 10.2 Å². The van der Waals surface area contributed by atoms with Crippen molar-refractivity contribution in [2.24, 2.45) is 5.92 Å². The zero-order valence-corrected chi connectivity index (χ0v) is 11.7. The first-order chi connectivity index (χ1) is 8.83. The van der Waals surface area contributed by atoms with E-state index in [4.69, 9.17) is 0 Å². The van der Waals surface area contributed by atoms with E-state index in [1.165, 1.54) is 25.7 Å². The number of hydrogen-bond donors (Lipinski definition) is 1. The van der Waals surface area contributed by atoms with E-state index in [2.05, 4.69) is 41.2 Å². The highest BCUT2D eigenvalue weighted by atomic mass is 15.2. The van der Waals surface area contributed by atoms with E-state index in [1.54, 1.807) is 0 Å². The van der Waals surface area contributed by atoms with Gasteiger partial charge in [0.1, 0.15) is 5.82 Å². The van der Waals surface area contributed by atoms with Crippen molar-refractivity contribution < 1.29 is 0 Å². The number of nitrogens with one attached hydrogen (secondary N) is 1. The zero-order chi connectivity index (χ0) is 12.8. The SMILES string of the molecule is CCN(CC)c1ccc(NCC2CCCC2)cn1. The van der Waals surface area contributed by atoms with Crippen LogP contribution < -0.4 is 10.2 Å². The summed E-state index contributed by atoms with van der Waals surface area (Å²) < 4.78 is 0. The Bertz CT molecular complexity index is 337. The van der Waals surface area contributed by atoms with Gasteiger partial charge >= 0.3 is 0 Å². The summed E-state index contributed by atoms with van der Waals surface area (Å²) >= 11 is 0. The van der Waals surface area contributed by atoms with Gasteiger partial charge in [0.15, 0.2) is 0 Å². The highest BCUT2D eigenvalue weighted by Gasteiger charge is 2.14. The van der Waals surface area contributed by atoms with E-state index in [0.717, 1.165) is 37.1 Å². The minimum Gasteiger partial charge on any atom is -0.384 e. The molecule has 1 aliphatic carbocycles. The predicted molar refractivity (Wildman–Crippen MR) is 78.2 cm³/mol.